The predicted molar refractivity (Wildman–Crippen MR) is 102 cm³/mol. The highest BCUT2D eigenvalue weighted by Crippen LogP contribution is 2.46. The summed E-state index contributed by atoms with van der Waals surface area (Å²) < 4.78 is 0. The molecule has 148 valence electrons. The summed E-state index contributed by atoms with van der Waals surface area (Å²) in [5.41, 5.74) is 9.26. The molecule has 7 heteroatoms. The Kier molecular flexibility index (Phi) is 4.07. The first-order valence-electron chi connectivity index (χ1n) is 10.3. The predicted octanol–water partition coefficient (Wildman–Crippen LogP) is 0.903. The van der Waals surface area contributed by atoms with Gasteiger partial charge < -0.3 is 10.6 Å². The lowest BCUT2D eigenvalue weighted by Crippen LogP contribution is -2.58. The Hall–Kier alpha value is -2.25. The number of fused-ring (bicyclic) bond motifs is 1. The number of likely N-dealkylation sites (tertiary alicyclic amines) is 1. The molecule has 0 aromatic heterocycles. The third-order valence-electron chi connectivity index (χ3n) is 7.25. The van der Waals surface area contributed by atoms with Gasteiger partial charge in [-0.05, 0) is 43.2 Å². The second-order valence-electron chi connectivity index (χ2n) is 8.63. The maximum Gasteiger partial charge on any atom is 0.255 e. The molecule has 1 aliphatic carbocycles. The van der Waals surface area contributed by atoms with Crippen LogP contribution in [0, 0.1) is 0 Å². The van der Waals surface area contributed by atoms with Crippen molar-refractivity contribution in [2.45, 2.75) is 69.2 Å². The number of nitrogens with two attached hydrogens (primary N) is 1. The van der Waals surface area contributed by atoms with Crippen molar-refractivity contribution in [3.8, 4) is 0 Å². The second kappa shape index (κ2) is 6.39. The molecule has 3 amide bonds. The number of hydrogen-bond donors (Lipinski definition) is 2. The summed E-state index contributed by atoms with van der Waals surface area (Å²) in [7, 11) is 0. The molecule has 5 rings (SSSR count). The van der Waals surface area contributed by atoms with E-state index < -0.39 is 6.04 Å². The van der Waals surface area contributed by atoms with Crippen molar-refractivity contribution in [1.29, 1.82) is 0 Å². The number of carbonyl (C=O) groups excluding carboxylic acids is 3. The fourth-order valence-electron chi connectivity index (χ4n) is 5.51. The normalized spacial score (nSPS) is 29.2. The highest BCUT2D eigenvalue weighted by Gasteiger charge is 2.51. The molecule has 4 aliphatic rings. The van der Waals surface area contributed by atoms with Crippen LogP contribution in [0.2, 0.25) is 0 Å². The average Bonchev–Trinajstić information content (AvgIpc) is 3.13. The molecule has 2 atom stereocenters. The minimum atomic E-state index is -0.566. The summed E-state index contributed by atoms with van der Waals surface area (Å²) in [5.74, 6) is -0.716. The number of nitrogens with one attached hydrogen (secondary N) is 1. The van der Waals surface area contributed by atoms with Crippen LogP contribution < -0.4 is 11.1 Å². The van der Waals surface area contributed by atoms with Crippen molar-refractivity contribution in [3.05, 3.63) is 34.9 Å². The third-order valence-corrected chi connectivity index (χ3v) is 7.25. The molecule has 3 fully saturated rings. The fourth-order valence-corrected chi connectivity index (χ4v) is 5.51. The van der Waals surface area contributed by atoms with Gasteiger partial charge in [0.25, 0.3) is 5.91 Å². The average molecular weight is 382 g/mol. The van der Waals surface area contributed by atoms with Gasteiger partial charge in [0.1, 0.15) is 6.04 Å². The van der Waals surface area contributed by atoms with Crippen molar-refractivity contribution in [3.63, 3.8) is 0 Å². The van der Waals surface area contributed by atoms with Crippen LogP contribution in [0.4, 0.5) is 0 Å². The monoisotopic (exact) mass is 382 g/mol. The summed E-state index contributed by atoms with van der Waals surface area (Å²) in [5, 5.41) is 2.36. The molecule has 3 aliphatic heterocycles. The van der Waals surface area contributed by atoms with Gasteiger partial charge in [-0.2, -0.15) is 0 Å². The summed E-state index contributed by atoms with van der Waals surface area (Å²) in [6, 6.07) is 5.65. The standard InChI is InChI=1S/C21H26N4O3/c22-16-7-10-24(21(16)8-2-9-21)11-13-3-1-4-14-12-25(20(28)18(13)14)15-5-6-17(26)23-19(15)27/h1,3-4,15-16H,2,5-12,22H2,(H,23,26,27). The van der Waals surface area contributed by atoms with Crippen LogP contribution in [0.3, 0.4) is 0 Å². The van der Waals surface area contributed by atoms with Crippen LogP contribution in [-0.4, -0.2) is 51.7 Å². The molecule has 0 bridgehead atoms. The van der Waals surface area contributed by atoms with Crippen LogP contribution >= 0.6 is 0 Å². The van der Waals surface area contributed by atoms with E-state index >= 15 is 0 Å². The Morgan fingerprint density at radius 1 is 1.18 bits per heavy atom. The fraction of sp³-hybridized carbons (Fsp3) is 0.571. The number of carbonyl (C=O) groups is 3. The summed E-state index contributed by atoms with van der Waals surface area (Å²) in [6.07, 6.45) is 5.17. The van der Waals surface area contributed by atoms with E-state index in [2.05, 4.69) is 10.2 Å². The zero-order chi connectivity index (χ0) is 19.5. The van der Waals surface area contributed by atoms with Gasteiger partial charge in [0.2, 0.25) is 11.8 Å². The van der Waals surface area contributed by atoms with Crippen molar-refractivity contribution in [1.82, 2.24) is 15.1 Å². The Morgan fingerprint density at radius 3 is 2.71 bits per heavy atom. The van der Waals surface area contributed by atoms with Crippen LogP contribution in [0.15, 0.2) is 18.2 Å². The Morgan fingerprint density at radius 2 is 2.00 bits per heavy atom. The van der Waals surface area contributed by atoms with E-state index in [0.29, 0.717) is 13.0 Å². The number of hydrogen-bond acceptors (Lipinski definition) is 5. The van der Waals surface area contributed by atoms with E-state index in [1.54, 1.807) is 4.90 Å². The van der Waals surface area contributed by atoms with Crippen molar-refractivity contribution in [2.24, 2.45) is 5.73 Å². The van der Waals surface area contributed by atoms with E-state index in [0.717, 1.165) is 49.0 Å². The number of imide groups is 1. The Labute approximate surface area is 164 Å². The number of piperidine rings is 1. The van der Waals surface area contributed by atoms with Crippen LogP contribution in [0.1, 0.15) is 60.0 Å². The van der Waals surface area contributed by atoms with Gasteiger partial charge in [-0.1, -0.05) is 18.2 Å². The molecule has 1 spiro atoms. The van der Waals surface area contributed by atoms with E-state index in [-0.39, 0.29) is 35.7 Å². The van der Waals surface area contributed by atoms with E-state index in [9.17, 15) is 14.4 Å². The van der Waals surface area contributed by atoms with Crippen LogP contribution in [-0.2, 0) is 22.7 Å². The van der Waals surface area contributed by atoms with Crippen molar-refractivity contribution in [2.75, 3.05) is 6.54 Å². The van der Waals surface area contributed by atoms with Gasteiger partial charge in [0.15, 0.2) is 0 Å². The molecule has 3 N–H and O–H groups in total. The molecule has 0 radical (unpaired) electrons. The van der Waals surface area contributed by atoms with Crippen molar-refractivity contribution < 1.29 is 14.4 Å². The van der Waals surface area contributed by atoms with Gasteiger partial charge in [-0.15, -0.1) is 0 Å². The number of amides is 3. The second-order valence-corrected chi connectivity index (χ2v) is 8.63. The minimum Gasteiger partial charge on any atom is -0.326 e. The molecule has 1 aromatic carbocycles. The zero-order valence-corrected chi connectivity index (χ0v) is 15.9. The molecule has 2 saturated heterocycles. The maximum atomic E-state index is 13.2. The summed E-state index contributed by atoms with van der Waals surface area (Å²) in [6.45, 7) is 2.13. The molecule has 28 heavy (non-hydrogen) atoms. The number of nitrogens with zero attached hydrogens (tertiary/aromatic N) is 2. The molecule has 2 unspecified atom stereocenters. The molecule has 1 saturated carbocycles. The van der Waals surface area contributed by atoms with Crippen LogP contribution in [0.5, 0.6) is 0 Å². The number of rotatable bonds is 3. The van der Waals surface area contributed by atoms with Crippen molar-refractivity contribution >= 4 is 17.7 Å². The van der Waals surface area contributed by atoms with Gasteiger partial charge in [0.05, 0.1) is 0 Å². The lowest BCUT2D eigenvalue weighted by atomic mass is 9.72. The molecule has 1 aromatic rings. The summed E-state index contributed by atoms with van der Waals surface area (Å²) >= 11 is 0. The highest BCUT2D eigenvalue weighted by molar-refractivity contribution is 6.06. The first kappa shape index (κ1) is 17.8. The number of benzene rings is 1. The van der Waals surface area contributed by atoms with Gasteiger partial charge in [-0.3, -0.25) is 24.6 Å². The largest absolute Gasteiger partial charge is 0.326 e. The topological polar surface area (TPSA) is 95.7 Å². The molecule has 7 nitrogen and oxygen atoms in total. The maximum absolute atomic E-state index is 13.2. The van der Waals surface area contributed by atoms with E-state index in [4.69, 9.17) is 5.73 Å². The Bertz CT molecular complexity index is 863. The van der Waals surface area contributed by atoms with Gasteiger partial charge in [0, 0.05) is 43.2 Å². The molecular weight excluding hydrogens is 356 g/mol. The SMILES string of the molecule is NC1CCN(Cc2cccc3c2C(=O)N(C2CCC(=O)NC2=O)C3)C12CCC2. The lowest BCUT2D eigenvalue weighted by molar-refractivity contribution is -0.136. The zero-order valence-electron chi connectivity index (χ0n) is 15.9. The quantitative estimate of drug-likeness (QED) is 0.758. The lowest BCUT2D eigenvalue weighted by Gasteiger charge is -2.48. The molecular formula is C21H26N4O3. The summed E-state index contributed by atoms with van der Waals surface area (Å²) in [4.78, 5) is 41.1. The minimum absolute atomic E-state index is 0.0914. The molecule has 3 heterocycles. The first-order valence-corrected chi connectivity index (χ1v) is 10.3. The first-order chi connectivity index (χ1) is 13.5. The van der Waals surface area contributed by atoms with E-state index in [1.807, 2.05) is 18.2 Å². The highest BCUT2D eigenvalue weighted by atomic mass is 16.2. The van der Waals surface area contributed by atoms with Crippen LogP contribution in [0.25, 0.3) is 0 Å². The third kappa shape index (κ3) is 2.53. The smallest absolute Gasteiger partial charge is 0.255 e. The van der Waals surface area contributed by atoms with E-state index in [1.165, 1.54) is 6.42 Å². The Balaban J connectivity index is 1.40. The van der Waals surface area contributed by atoms with Gasteiger partial charge in [-0.25, -0.2) is 0 Å². The van der Waals surface area contributed by atoms with Gasteiger partial charge >= 0.3 is 0 Å².